The van der Waals surface area contributed by atoms with Gasteiger partial charge in [-0.1, -0.05) is 38.1 Å². The highest BCUT2D eigenvalue weighted by Crippen LogP contribution is 2.19. The van der Waals surface area contributed by atoms with Gasteiger partial charge in [-0.25, -0.2) is 9.07 Å². The summed E-state index contributed by atoms with van der Waals surface area (Å²) in [7, 11) is 0. The lowest BCUT2D eigenvalue weighted by Crippen LogP contribution is -2.27. The van der Waals surface area contributed by atoms with E-state index in [1.54, 1.807) is 25.1 Å². The van der Waals surface area contributed by atoms with Crippen molar-refractivity contribution in [3.63, 3.8) is 0 Å². The van der Waals surface area contributed by atoms with Gasteiger partial charge in [-0.3, -0.25) is 9.59 Å². The van der Waals surface area contributed by atoms with E-state index in [0.29, 0.717) is 17.3 Å². The van der Waals surface area contributed by atoms with Crippen LogP contribution in [-0.4, -0.2) is 15.7 Å². The second-order valence-electron chi connectivity index (χ2n) is 6.60. The molecule has 0 aliphatic heterocycles. The van der Waals surface area contributed by atoms with Gasteiger partial charge in [-0.15, -0.1) is 0 Å². The summed E-state index contributed by atoms with van der Waals surface area (Å²) in [5, 5.41) is 6.81. The molecular weight excluding hydrogens is 345 g/mol. The number of carbonyl (C=O) groups excluding carboxylic acids is 1. The molecule has 1 N–H and O–H groups in total. The van der Waals surface area contributed by atoms with Crippen molar-refractivity contribution < 1.29 is 9.18 Å². The molecule has 27 heavy (non-hydrogen) atoms. The van der Waals surface area contributed by atoms with Crippen molar-refractivity contribution in [3.05, 3.63) is 87.6 Å². The molecule has 2 aromatic carbocycles. The Hall–Kier alpha value is -3.28. The van der Waals surface area contributed by atoms with Gasteiger partial charge in [0.2, 0.25) is 5.43 Å². The van der Waals surface area contributed by atoms with Crippen molar-refractivity contribution in [1.82, 2.24) is 9.78 Å². The number of hydrogen-bond acceptors (Lipinski definition) is 3. The zero-order valence-electron chi connectivity index (χ0n) is 15.4. The van der Waals surface area contributed by atoms with E-state index < -0.39 is 17.2 Å². The molecule has 3 rings (SSSR count). The van der Waals surface area contributed by atoms with E-state index in [2.05, 4.69) is 24.3 Å². The number of amides is 1. The zero-order valence-corrected chi connectivity index (χ0v) is 15.4. The summed E-state index contributed by atoms with van der Waals surface area (Å²) < 4.78 is 15.4. The molecule has 0 aliphatic rings. The van der Waals surface area contributed by atoms with Crippen LogP contribution in [0.1, 0.15) is 41.5 Å². The van der Waals surface area contributed by atoms with Crippen LogP contribution in [0, 0.1) is 12.7 Å². The van der Waals surface area contributed by atoms with Crippen molar-refractivity contribution >= 4 is 11.6 Å². The van der Waals surface area contributed by atoms with Gasteiger partial charge in [0.15, 0.2) is 5.69 Å². The zero-order chi connectivity index (χ0) is 19.6. The van der Waals surface area contributed by atoms with E-state index in [-0.39, 0.29) is 11.4 Å². The monoisotopic (exact) mass is 365 g/mol. The van der Waals surface area contributed by atoms with Crippen molar-refractivity contribution in [3.8, 4) is 5.69 Å². The third-order valence-corrected chi connectivity index (χ3v) is 4.21. The second-order valence-corrected chi connectivity index (χ2v) is 6.60. The maximum Gasteiger partial charge on any atom is 0.280 e. The summed E-state index contributed by atoms with van der Waals surface area (Å²) in [5.41, 5.74) is 1.43. The molecule has 0 bridgehead atoms. The summed E-state index contributed by atoms with van der Waals surface area (Å²) in [5.74, 6) is -0.823. The molecule has 1 amide bonds. The van der Waals surface area contributed by atoms with Gasteiger partial charge in [0.1, 0.15) is 11.5 Å². The minimum Gasteiger partial charge on any atom is -0.320 e. The lowest BCUT2D eigenvalue weighted by molar-refractivity contribution is 0.101. The summed E-state index contributed by atoms with van der Waals surface area (Å²) in [4.78, 5) is 24.9. The summed E-state index contributed by atoms with van der Waals surface area (Å²) in [6, 6.07) is 14.7. The Morgan fingerprint density at radius 1 is 1.11 bits per heavy atom. The normalized spacial score (nSPS) is 10.9. The third kappa shape index (κ3) is 3.95. The molecule has 0 fully saturated rings. The fourth-order valence-corrected chi connectivity index (χ4v) is 2.74. The van der Waals surface area contributed by atoms with Crippen molar-refractivity contribution in [2.45, 2.75) is 26.7 Å². The number of carbonyl (C=O) groups is 1. The SMILES string of the molecule is Cc1cc(=O)c(C(=O)Nc2cccc(C(C)C)c2)nn1-c1ccccc1F. The van der Waals surface area contributed by atoms with Gasteiger partial charge < -0.3 is 5.32 Å². The van der Waals surface area contributed by atoms with Crippen LogP contribution in [0.25, 0.3) is 5.69 Å². The quantitative estimate of drug-likeness (QED) is 0.758. The van der Waals surface area contributed by atoms with E-state index in [4.69, 9.17) is 0 Å². The van der Waals surface area contributed by atoms with Crippen LogP contribution in [0.2, 0.25) is 0 Å². The molecule has 0 atom stereocenters. The number of rotatable bonds is 4. The van der Waals surface area contributed by atoms with Crippen LogP contribution in [0.3, 0.4) is 0 Å². The van der Waals surface area contributed by atoms with Gasteiger partial charge in [0, 0.05) is 17.4 Å². The molecule has 5 nitrogen and oxygen atoms in total. The molecular formula is C21H20FN3O2. The first kappa shape index (κ1) is 18.5. The Morgan fingerprint density at radius 2 is 1.85 bits per heavy atom. The van der Waals surface area contributed by atoms with Gasteiger partial charge >= 0.3 is 0 Å². The predicted molar refractivity (Wildman–Crippen MR) is 103 cm³/mol. The van der Waals surface area contributed by atoms with Crippen molar-refractivity contribution in [2.75, 3.05) is 5.32 Å². The van der Waals surface area contributed by atoms with Gasteiger partial charge in [0.05, 0.1) is 0 Å². The number of para-hydroxylation sites is 1. The fraction of sp³-hybridized carbons (Fsp3) is 0.190. The number of hydrogen-bond donors (Lipinski definition) is 1. The average molecular weight is 365 g/mol. The first-order valence-electron chi connectivity index (χ1n) is 8.64. The minimum atomic E-state index is -0.633. The molecule has 0 saturated heterocycles. The lowest BCUT2D eigenvalue weighted by atomic mass is 10.0. The number of nitrogens with one attached hydrogen (secondary N) is 1. The molecule has 0 spiro atoms. The summed E-state index contributed by atoms with van der Waals surface area (Å²) in [6.07, 6.45) is 0. The van der Waals surface area contributed by atoms with Crippen LogP contribution in [0.5, 0.6) is 0 Å². The molecule has 1 heterocycles. The minimum absolute atomic E-state index is 0.172. The Morgan fingerprint density at radius 3 is 2.56 bits per heavy atom. The Balaban J connectivity index is 1.98. The highest BCUT2D eigenvalue weighted by Gasteiger charge is 2.17. The molecule has 1 aromatic heterocycles. The van der Waals surface area contributed by atoms with Gasteiger partial charge in [-0.2, -0.15) is 5.10 Å². The highest BCUT2D eigenvalue weighted by atomic mass is 19.1. The number of nitrogens with zero attached hydrogens (tertiary/aromatic N) is 2. The summed E-state index contributed by atoms with van der Waals surface area (Å²) >= 11 is 0. The highest BCUT2D eigenvalue weighted by molar-refractivity contribution is 6.02. The molecule has 0 aliphatic carbocycles. The Bertz CT molecular complexity index is 1060. The lowest BCUT2D eigenvalue weighted by Gasteiger charge is -2.12. The number of aromatic nitrogens is 2. The molecule has 0 saturated carbocycles. The Labute approximate surface area is 156 Å². The number of halogens is 1. The van der Waals surface area contributed by atoms with Crippen LogP contribution < -0.4 is 10.7 Å². The summed E-state index contributed by atoms with van der Waals surface area (Å²) in [6.45, 7) is 5.74. The standard InChI is InChI=1S/C21H20FN3O2/c1-13(2)15-7-6-8-16(12-15)23-21(27)20-19(26)11-14(3)25(24-20)18-10-5-4-9-17(18)22/h4-13H,1-3H3,(H,23,27). The van der Waals surface area contributed by atoms with Crippen LogP contribution in [0.15, 0.2) is 59.4 Å². The molecule has 0 unspecified atom stereocenters. The van der Waals surface area contributed by atoms with Crippen molar-refractivity contribution in [1.29, 1.82) is 0 Å². The molecule has 138 valence electrons. The van der Waals surface area contributed by atoms with E-state index in [0.717, 1.165) is 5.56 Å². The van der Waals surface area contributed by atoms with E-state index in [9.17, 15) is 14.0 Å². The first-order chi connectivity index (χ1) is 12.9. The largest absolute Gasteiger partial charge is 0.320 e. The first-order valence-corrected chi connectivity index (χ1v) is 8.64. The van der Waals surface area contributed by atoms with Crippen molar-refractivity contribution in [2.24, 2.45) is 0 Å². The number of benzene rings is 2. The number of aryl methyl sites for hydroxylation is 1. The van der Waals surface area contributed by atoms with Crippen LogP contribution >= 0.6 is 0 Å². The molecule has 0 radical (unpaired) electrons. The Kier molecular flexibility index (Phi) is 5.16. The smallest absolute Gasteiger partial charge is 0.280 e. The van der Waals surface area contributed by atoms with Gasteiger partial charge in [0.25, 0.3) is 5.91 Å². The fourth-order valence-electron chi connectivity index (χ4n) is 2.74. The van der Waals surface area contributed by atoms with E-state index >= 15 is 0 Å². The maximum absolute atomic E-state index is 14.1. The molecule has 6 heteroatoms. The van der Waals surface area contributed by atoms with Gasteiger partial charge in [-0.05, 0) is 42.7 Å². The molecule has 3 aromatic rings. The second kappa shape index (κ2) is 7.53. The number of anilines is 1. The predicted octanol–water partition coefficient (Wildman–Crippen LogP) is 4.06. The van der Waals surface area contributed by atoms with Crippen LogP contribution in [-0.2, 0) is 0 Å². The maximum atomic E-state index is 14.1. The third-order valence-electron chi connectivity index (χ3n) is 4.21. The average Bonchev–Trinajstić information content (AvgIpc) is 2.63. The topological polar surface area (TPSA) is 64.0 Å². The van der Waals surface area contributed by atoms with E-state index in [1.807, 2.05) is 18.2 Å². The van der Waals surface area contributed by atoms with E-state index in [1.165, 1.54) is 22.9 Å². The van der Waals surface area contributed by atoms with Crippen LogP contribution in [0.4, 0.5) is 10.1 Å².